The molecular formula is C16H20N4O2. The lowest BCUT2D eigenvalue weighted by molar-refractivity contribution is 0.102. The highest BCUT2D eigenvalue weighted by Crippen LogP contribution is 2.11. The number of carbonyl (C=O) groups is 1. The van der Waals surface area contributed by atoms with Gasteiger partial charge in [-0.05, 0) is 37.1 Å². The molecule has 1 aromatic heterocycles. The van der Waals surface area contributed by atoms with Crippen LogP contribution in [0, 0.1) is 6.92 Å². The predicted octanol–water partition coefficient (Wildman–Crippen LogP) is 2.49. The standard InChI is InChI=1S/C16H20N4O2/c1-12-5-3-6-13(11-12)19-15(21)14-7-9-18-16(20-14)17-8-4-10-22-2/h3,5-7,9,11H,4,8,10H2,1-2H3,(H,19,21)(H,17,18,20). The molecule has 0 spiro atoms. The molecule has 0 saturated heterocycles. The summed E-state index contributed by atoms with van der Waals surface area (Å²) in [7, 11) is 1.66. The molecule has 0 unspecified atom stereocenters. The number of nitrogens with one attached hydrogen (secondary N) is 2. The molecule has 0 saturated carbocycles. The second-order valence-corrected chi connectivity index (χ2v) is 4.86. The van der Waals surface area contributed by atoms with Crippen molar-refractivity contribution in [1.82, 2.24) is 9.97 Å². The molecule has 1 heterocycles. The second kappa shape index (κ2) is 8.09. The second-order valence-electron chi connectivity index (χ2n) is 4.86. The molecule has 0 aliphatic rings. The number of carbonyl (C=O) groups excluding carboxylic acids is 1. The van der Waals surface area contributed by atoms with Crippen molar-refractivity contribution in [3.8, 4) is 0 Å². The molecule has 2 aromatic rings. The Bertz CT molecular complexity index is 631. The van der Waals surface area contributed by atoms with Crippen LogP contribution in [0.5, 0.6) is 0 Å². The fourth-order valence-electron chi connectivity index (χ4n) is 1.90. The molecule has 0 radical (unpaired) electrons. The SMILES string of the molecule is COCCCNc1nccc(C(=O)Nc2cccc(C)c2)n1. The maximum Gasteiger partial charge on any atom is 0.274 e. The molecule has 1 amide bonds. The first-order valence-corrected chi connectivity index (χ1v) is 7.13. The lowest BCUT2D eigenvalue weighted by Crippen LogP contribution is -2.16. The van der Waals surface area contributed by atoms with E-state index >= 15 is 0 Å². The molecule has 1 aromatic carbocycles. The molecule has 0 aliphatic heterocycles. The molecule has 116 valence electrons. The number of methoxy groups -OCH3 is 1. The largest absolute Gasteiger partial charge is 0.385 e. The fourth-order valence-corrected chi connectivity index (χ4v) is 1.90. The Kier molecular flexibility index (Phi) is 5.85. The zero-order valence-corrected chi connectivity index (χ0v) is 12.8. The third-order valence-corrected chi connectivity index (χ3v) is 2.97. The highest BCUT2D eigenvalue weighted by Gasteiger charge is 2.09. The van der Waals surface area contributed by atoms with E-state index in [1.165, 1.54) is 0 Å². The topological polar surface area (TPSA) is 76.1 Å². The Morgan fingerprint density at radius 2 is 2.18 bits per heavy atom. The van der Waals surface area contributed by atoms with Crippen LogP contribution >= 0.6 is 0 Å². The van der Waals surface area contributed by atoms with Crippen molar-refractivity contribution in [2.75, 3.05) is 30.9 Å². The average Bonchev–Trinajstić information content (AvgIpc) is 2.52. The smallest absolute Gasteiger partial charge is 0.274 e. The summed E-state index contributed by atoms with van der Waals surface area (Å²) in [4.78, 5) is 20.5. The molecule has 2 rings (SSSR count). The van der Waals surface area contributed by atoms with Crippen LogP contribution in [-0.4, -0.2) is 36.1 Å². The number of benzene rings is 1. The van der Waals surface area contributed by atoms with E-state index in [4.69, 9.17) is 4.74 Å². The van der Waals surface area contributed by atoms with Crippen LogP contribution in [-0.2, 0) is 4.74 Å². The van der Waals surface area contributed by atoms with Crippen molar-refractivity contribution < 1.29 is 9.53 Å². The van der Waals surface area contributed by atoms with Gasteiger partial charge in [-0.1, -0.05) is 12.1 Å². The van der Waals surface area contributed by atoms with E-state index in [0.29, 0.717) is 24.8 Å². The minimum absolute atomic E-state index is 0.257. The number of rotatable bonds is 7. The molecule has 22 heavy (non-hydrogen) atoms. The number of nitrogens with zero attached hydrogens (tertiary/aromatic N) is 2. The van der Waals surface area contributed by atoms with E-state index in [2.05, 4.69) is 20.6 Å². The third-order valence-electron chi connectivity index (χ3n) is 2.97. The van der Waals surface area contributed by atoms with Gasteiger partial charge in [-0.2, -0.15) is 0 Å². The van der Waals surface area contributed by atoms with Crippen LogP contribution in [0.15, 0.2) is 36.5 Å². The zero-order valence-electron chi connectivity index (χ0n) is 12.8. The van der Waals surface area contributed by atoms with Gasteiger partial charge in [-0.25, -0.2) is 9.97 Å². The van der Waals surface area contributed by atoms with Crippen molar-refractivity contribution in [3.05, 3.63) is 47.8 Å². The summed E-state index contributed by atoms with van der Waals surface area (Å²) in [6.45, 7) is 3.33. The van der Waals surface area contributed by atoms with Gasteiger partial charge in [0.25, 0.3) is 5.91 Å². The molecular weight excluding hydrogens is 280 g/mol. The minimum Gasteiger partial charge on any atom is -0.385 e. The summed E-state index contributed by atoms with van der Waals surface area (Å²) in [5.41, 5.74) is 2.16. The number of hydrogen-bond acceptors (Lipinski definition) is 5. The normalized spacial score (nSPS) is 10.3. The van der Waals surface area contributed by atoms with E-state index in [-0.39, 0.29) is 5.91 Å². The third kappa shape index (κ3) is 4.82. The Morgan fingerprint density at radius 3 is 2.95 bits per heavy atom. The lowest BCUT2D eigenvalue weighted by Gasteiger charge is -2.07. The van der Waals surface area contributed by atoms with E-state index in [9.17, 15) is 4.79 Å². The number of anilines is 2. The summed E-state index contributed by atoms with van der Waals surface area (Å²) in [6, 6.07) is 9.21. The molecule has 0 atom stereocenters. The number of amides is 1. The molecule has 6 heteroatoms. The number of aryl methyl sites for hydroxylation is 1. The summed E-state index contributed by atoms with van der Waals surface area (Å²) >= 11 is 0. The summed E-state index contributed by atoms with van der Waals surface area (Å²) in [6.07, 6.45) is 2.41. The van der Waals surface area contributed by atoms with Crippen LogP contribution in [0.3, 0.4) is 0 Å². The van der Waals surface area contributed by atoms with Crippen LogP contribution in [0.25, 0.3) is 0 Å². The Hall–Kier alpha value is -2.47. The molecule has 6 nitrogen and oxygen atoms in total. The maximum atomic E-state index is 12.2. The Balaban J connectivity index is 1.97. The number of ether oxygens (including phenoxy) is 1. The maximum absolute atomic E-state index is 12.2. The molecule has 2 N–H and O–H groups in total. The van der Waals surface area contributed by atoms with Crippen molar-refractivity contribution in [2.24, 2.45) is 0 Å². The van der Waals surface area contributed by atoms with Gasteiger partial charge in [0.05, 0.1) is 0 Å². The number of aromatic nitrogens is 2. The van der Waals surface area contributed by atoms with Gasteiger partial charge in [0, 0.05) is 32.1 Å². The molecule has 0 bridgehead atoms. The highest BCUT2D eigenvalue weighted by molar-refractivity contribution is 6.02. The predicted molar refractivity (Wildman–Crippen MR) is 86.1 cm³/mol. The Morgan fingerprint density at radius 1 is 1.32 bits per heavy atom. The highest BCUT2D eigenvalue weighted by atomic mass is 16.5. The summed E-state index contributed by atoms with van der Waals surface area (Å²) in [5.74, 6) is 0.181. The lowest BCUT2D eigenvalue weighted by atomic mass is 10.2. The quantitative estimate of drug-likeness (QED) is 0.768. The van der Waals surface area contributed by atoms with E-state index in [1.54, 1.807) is 19.4 Å². The fraction of sp³-hybridized carbons (Fsp3) is 0.312. The number of hydrogen-bond donors (Lipinski definition) is 2. The summed E-state index contributed by atoms with van der Waals surface area (Å²) in [5, 5.41) is 5.89. The van der Waals surface area contributed by atoms with E-state index in [0.717, 1.165) is 17.7 Å². The van der Waals surface area contributed by atoms with Crippen LogP contribution in [0.1, 0.15) is 22.5 Å². The van der Waals surface area contributed by atoms with Crippen molar-refractivity contribution in [3.63, 3.8) is 0 Å². The van der Waals surface area contributed by atoms with Crippen molar-refractivity contribution >= 4 is 17.5 Å². The van der Waals surface area contributed by atoms with Crippen LogP contribution < -0.4 is 10.6 Å². The summed E-state index contributed by atoms with van der Waals surface area (Å²) < 4.78 is 4.97. The monoisotopic (exact) mass is 300 g/mol. The van der Waals surface area contributed by atoms with Crippen molar-refractivity contribution in [1.29, 1.82) is 0 Å². The molecule has 0 fully saturated rings. The van der Waals surface area contributed by atoms with Gasteiger partial charge in [-0.3, -0.25) is 4.79 Å². The van der Waals surface area contributed by atoms with Gasteiger partial charge in [-0.15, -0.1) is 0 Å². The Labute approximate surface area is 129 Å². The minimum atomic E-state index is -0.257. The van der Waals surface area contributed by atoms with Gasteiger partial charge in [0.2, 0.25) is 5.95 Å². The van der Waals surface area contributed by atoms with E-state index < -0.39 is 0 Å². The van der Waals surface area contributed by atoms with Crippen LogP contribution in [0.4, 0.5) is 11.6 Å². The molecule has 0 aliphatic carbocycles. The average molecular weight is 300 g/mol. The first kappa shape index (κ1) is 15.9. The first-order valence-electron chi connectivity index (χ1n) is 7.13. The van der Waals surface area contributed by atoms with Gasteiger partial charge >= 0.3 is 0 Å². The van der Waals surface area contributed by atoms with Gasteiger partial charge in [0.15, 0.2) is 0 Å². The van der Waals surface area contributed by atoms with E-state index in [1.807, 2.05) is 31.2 Å². The zero-order chi connectivity index (χ0) is 15.8. The van der Waals surface area contributed by atoms with Crippen LogP contribution in [0.2, 0.25) is 0 Å². The van der Waals surface area contributed by atoms with Crippen molar-refractivity contribution in [2.45, 2.75) is 13.3 Å². The first-order chi connectivity index (χ1) is 10.7. The van der Waals surface area contributed by atoms with Gasteiger partial charge in [0.1, 0.15) is 5.69 Å². The van der Waals surface area contributed by atoms with Gasteiger partial charge < -0.3 is 15.4 Å².